The summed E-state index contributed by atoms with van der Waals surface area (Å²) in [5, 5.41) is 15.2. The second-order valence-electron chi connectivity index (χ2n) is 1.44. The van der Waals surface area contributed by atoms with E-state index in [0.717, 1.165) is 12.9 Å². The van der Waals surface area contributed by atoms with E-state index >= 15 is 0 Å². The van der Waals surface area contributed by atoms with Gasteiger partial charge in [0.25, 0.3) is 0 Å². The fourth-order valence-corrected chi connectivity index (χ4v) is 0.727. The number of rotatable bonds is 4. The molecule has 0 rings (SSSR count). The summed E-state index contributed by atoms with van der Waals surface area (Å²) in [7, 11) is 1.00. The molecule has 0 radical (unpaired) electrons. The average molecular weight is 166 g/mol. The van der Waals surface area contributed by atoms with Crippen molar-refractivity contribution in [3.8, 4) is 0 Å². The third-order valence-electron chi connectivity index (χ3n) is 0.761. The standard InChI is InChI=1S/C5H10O2S.CH4O/c1-8-3-2-5(7)4-6;1-2/h6H,2-4H2,1H3;2H,1H3. The lowest BCUT2D eigenvalue weighted by Gasteiger charge is -1.90. The maximum Gasteiger partial charge on any atom is 0.159 e. The zero-order chi connectivity index (χ0) is 8.41. The van der Waals surface area contributed by atoms with Crippen molar-refractivity contribution in [2.75, 3.05) is 25.7 Å². The Morgan fingerprint density at radius 3 is 2.30 bits per heavy atom. The quantitative estimate of drug-likeness (QED) is 0.613. The predicted octanol–water partition coefficient (Wildman–Crippen LogP) is -0.0906. The molecule has 0 fully saturated rings. The first-order valence-corrected chi connectivity index (χ1v) is 4.27. The summed E-state index contributed by atoms with van der Waals surface area (Å²) in [4.78, 5) is 10.3. The molecule has 0 aromatic rings. The number of aliphatic hydroxyl groups is 2. The maximum absolute atomic E-state index is 10.3. The van der Waals surface area contributed by atoms with Gasteiger partial charge in [0.2, 0.25) is 0 Å². The molecular weight excluding hydrogens is 152 g/mol. The molecular formula is C6H14O3S. The van der Waals surface area contributed by atoms with E-state index in [0.29, 0.717) is 6.42 Å². The topological polar surface area (TPSA) is 57.5 Å². The highest BCUT2D eigenvalue weighted by Gasteiger charge is 1.95. The van der Waals surface area contributed by atoms with Crippen LogP contribution in [0.25, 0.3) is 0 Å². The van der Waals surface area contributed by atoms with Crippen LogP contribution < -0.4 is 0 Å². The Hall–Kier alpha value is -0.0600. The molecule has 0 atom stereocenters. The van der Waals surface area contributed by atoms with Gasteiger partial charge >= 0.3 is 0 Å². The zero-order valence-electron chi connectivity index (χ0n) is 6.33. The van der Waals surface area contributed by atoms with E-state index in [4.69, 9.17) is 10.2 Å². The molecule has 0 amide bonds. The second-order valence-corrected chi connectivity index (χ2v) is 2.43. The number of thioether (sulfide) groups is 1. The number of Topliss-reactive ketones (excluding diaryl/α,β-unsaturated/α-hetero) is 1. The monoisotopic (exact) mass is 166 g/mol. The third-order valence-corrected chi connectivity index (χ3v) is 1.37. The Labute approximate surface area is 65.4 Å². The van der Waals surface area contributed by atoms with Crippen molar-refractivity contribution in [2.45, 2.75) is 6.42 Å². The molecule has 0 heterocycles. The van der Waals surface area contributed by atoms with Crippen molar-refractivity contribution >= 4 is 17.5 Å². The summed E-state index contributed by atoms with van der Waals surface area (Å²) in [6.07, 6.45) is 2.43. The lowest BCUT2D eigenvalue weighted by molar-refractivity contribution is -0.121. The van der Waals surface area contributed by atoms with Gasteiger partial charge in [-0.25, -0.2) is 0 Å². The molecule has 2 N–H and O–H groups in total. The van der Waals surface area contributed by atoms with E-state index in [2.05, 4.69) is 0 Å². The summed E-state index contributed by atoms with van der Waals surface area (Å²) in [6, 6.07) is 0. The summed E-state index contributed by atoms with van der Waals surface area (Å²) < 4.78 is 0. The first-order chi connectivity index (χ1) is 4.81. The summed E-state index contributed by atoms with van der Waals surface area (Å²) in [5.41, 5.74) is 0. The summed E-state index contributed by atoms with van der Waals surface area (Å²) in [6.45, 7) is -0.305. The van der Waals surface area contributed by atoms with Gasteiger partial charge < -0.3 is 10.2 Å². The fourth-order valence-electron chi connectivity index (χ4n) is 0.295. The number of hydrogen-bond donors (Lipinski definition) is 2. The van der Waals surface area contributed by atoms with E-state index in [1.807, 2.05) is 6.26 Å². The van der Waals surface area contributed by atoms with Gasteiger partial charge in [0.15, 0.2) is 5.78 Å². The van der Waals surface area contributed by atoms with Gasteiger partial charge in [-0.15, -0.1) is 0 Å². The molecule has 0 spiro atoms. The number of ketones is 1. The van der Waals surface area contributed by atoms with Crippen LogP contribution in [0.5, 0.6) is 0 Å². The number of hydrogen-bond acceptors (Lipinski definition) is 4. The van der Waals surface area contributed by atoms with Crippen molar-refractivity contribution in [1.82, 2.24) is 0 Å². The van der Waals surface area contributed by atoms with Crippen LogP contribution in [0.3, 0.4) is 0 Å². The van der Waals surface area contributed by atoms with Gasteiger partial charge in [0, 0.05) is 13.5 Å². The highest BCUT2D eigenvalue weighted by atomic mass is 32.2. The molecule has 62 valence electrons. The van der Waals surface area contributed by atoms with Crippen molar-refractivity contribution < 1.29 is 15.0 Å². The fraction of sp³-hybridized carbons (Fsp3) is 0.833. The molecule has 0 unspecified atom stereocenters. The summed E-state index contributed by atoms with van der Waals surface area (Å²) in [5.74, 6) is 0.749. The van der Waals surface area contributed by atoms with E-state index in [1.165, 1.54) is 0 Å². The normalized spacial score (nSPS) is 8.00. The Kier molecular flexibility index (Phi) is 14.7. The zero-order valence-corrected chi connectivity index (χ0v) is 7.15. The van der Waals surface area contributed by atoms with Crippen molar-refractivity contribution in [3.63, 3.8) is 0 Å². The Morgan fingerprint density at radius 2 is 2.00 bits per heavy atom. The lowest BCUT2D eigenvalue weighted by atomic mass is 10.3. The van der Waals surface area contributed by atoms with E-state index in [-0.39, 0.29) is 12.4 Å². The van der Waals surface area contributed by atoms with Gasteiger partial charge in [0.05, 0.1) is 0 Å². The van der Waals surface area contributed by atoms with E-state index in [9.17, 15) is 4.79 Å². The Balaban J connectivity index is 0. The van der Waals surface area contributed by atoms with Crippen LogP contribution in [0, 0.1) is 0 Å². The van der Waals surface area contributed by atoms with Crippen LogP contribution in [0.15, 0.2) is 0 Å². The molecule has 0 aliphatic carbocycles. The van der Waals surface area contributed by atoms with Gasteiger partial charge in [-0.05, 0) is 12.0 Å². The van der Waals surface area contributed by atoms with Gasteiger partial charge in [0.1, 0.15) is 6.61 Å². The Bertz CT molecular complexity index is 75.4. The highest BCUT2D eigenvalue weighted by molar-refractivity contribution is 7.98. The third kappa shape index (κ3) is 10.8. The average Bonchev–Trinajstić information content (AvgIpc) is 2.04. The van der Waals surface area contributed by atoms with Crippen LogP contribution >= 0.6 is 11.8 Å². The van der Waals surface area contributed by atoms with Crippen molar-refractivity contribution in [3.05, 3.63) is 0 Å². The van der Waals surface area contributed by atoms with Crippen LogP contribution in [-0.2, 0) is 4.79 Å². The minimum absolute atomic E-state index is 0.0700. The van der Waals surface area contributed by atoms with Crippen LogP contribution in [-0.4, -0.2) is 41.7 Å². The predicted molar refractivity (Wildman–Crippen MR) is 43.2 cm³/mol. The van der Waals surface area contributed by atoms with Gasteiger partial charge in [-0.1, -0.05) is 0 Å². The first-order valence-electron chi connectivity index (χ1n) is 2.87. The minimum atomic E-state index is -0.305. The largest absolute Gasteiger partial charge is 0.400 e. The lowest BCUT2D eigenvalue weighted by Crippen LogP contribution is -2.03. The molecule has 10 heavy (non-hydrogen) atoms. The SMILES string of the molecule is CO.CSCCC(=O)CO. The van der Waals surface area contributed by atoms with Gasteiger partial charge in [-0.2, -0.15) is 11.8 Å². The second kappa shape index (κ2) is 11.7. The highest BCUT2D eigenvalue weighted by Crippen LogP contribution is 1.94. The Morgan fingerprint density at radius 1 is 1.50 bits per heavy atom. The van der Waals surface area contributed by atoms with E-state index in [1.54, 1.807) is 11.8 Å². The smallest absolute Gasteiger partial charge is 0.159 e. The van der Waals surface area contributed by atoms with Gasteiger partial charge in [-0.3, -0.25) is 4.79 Å². The molecule has 0 aliphatic heterocycles. The van der Waals surface area contributed by atoms with Crippen molar-refractivity contribution in [2.24, 2.45) is 0 Å². The molecule has 0 bridgehead atoms. The summed E-state index contributed by atoms with van der Waals surface area (Å²) >= 11 is 1.61. The first kappa shape index (κ1) is 12.6. The molecule has 4 heteroatoms. The number of carbonyl (C=O) groups excluding carboxylic acids is 1. The molecule has 3 nitrogen and oxygen atoms in total. The molecule has 0 aliphatic rings. The molecule has 0 saturated heterocycles. The van der Waals surface area contributed by atoms with Crippen LogP contribution in [0.1, 0.15) is 6.42 Å². The van der Waals surface area contributed by atoms with E-state index < -0.39 is 0 Å². The van der Waals surface area contributed by atoms with Crippen LogP contribution in [0.4, 0.5) is 0 Å². The minimum Gasteiger partial charge on any atom is -0.400 e. The molecule has 0 aromatic heterocycles. The van der Waals surface area contributed by atoms with Crippen LogP contribution in [0.2, 0.25) is 0 Å². The number of aliphatic hydroxyl groups excluding tert-OH is 2. The maximum atomic E-state index is 10.3. The van der Waals surface area contributed by atoms with Crippen molar-refractivity contribution in [1.29, 1.82) is 0 Å². The molecule has 0 saturated carbocycles. The number of carbonyl (C=O) groups is 1. The molecule has 0 aromatic carbocycles.